The molecule has 0 unspecified atom stereocenters. The molecule has 17 rings (SSSR count). The first-order chi connectivity index (χ1) is 43.7. The normalized spacial score (nSPS) is 11.6. The molecule has 0 atom stereocenters. The molecule has 0 spiro atoms. The van der Waals surface area contributed by atoms with Gasteiger partial charge in [0.25, 0.3) is 0 Å². The Kier molecular flexibility index (Phi) is 12.0. The third kappa shape index (κ3) is 8.37. The van der Waals surface area contributed by atoms with Gasteiger partial charge in [-0.25, -0.2) is 4.98 Å². The van der Waals surface area contributed by atoms with Crippen LogP contribution in [0.4, 0.5) is 51.6 Å². The highest BCUT2D eigenvalue weighted by Crippen LogP contribution is 2.47. The Labute approximate surface area is 508 Å². The van der Waals surface area contributed by atoms with E-state index >= 15 is 0 Å². The van der Waals surface area contributed by atoms with Crippen LogP contribution >= 0.6 is 0 Å². The van der Waals surface area contributed by atoms with Crippen LogP contribution in [0.2, 0.25) is 0 Å². The maximum atomic E-state index is 5.98. The van der Waals surface area contributed by atoms with Crippen molar-refractivity contribution in [3.63, 3.8) is 0 Å². The van der Waals surface area contributed by atoms with Crippen molar-refractivity contribution in [2.24, 2.45) is 0 Å². The van der Waals surface area contributed by atoms with Gasteiger partial charge in [0.15, 0.2) is 5.82 Å². The van der Waals surface area contributed by atoms with Gasteiger partial charge in [-0.2, -0.15) is 4.98 Å². The predicted octanol–water partition coefficient (Wildman–Crippen LogP) is 21.3. The van der Waals surface area contributed by atoms with Gasteiger partial charge in [-0.05, 0) is 146 Å². The van der Waals surface area contributed by atoms with Gasteiger partial charge in [0.05, 0.1) is 44.3 Å². The summed E-state index contributed by atoms with van der Waals surface area (Å²) in [6, 6.07) is 117. The molecule has 0 amide bonds. The average molecular weight is 1130 g/mol. The number of anilines is 9. The van der Waals surface area contributed by atoms with Crippen LogP contribution in [0.15, 0.2) is 328 Å². The Morgan fingerprint density at radius 3 is 0.932 bits per heavy atom. The monoisotopic (exact) mass is 1130 g/mol. The first-order valence-corrected chi connectivity index (χ1v) is 29.8. The number of fused-ring (bicyclic) bond motifs is 10. The Bertz CT molecular complexity index is 5450. The molecular formula is C80H54N8. The van der Waals surface area contributed by atoms with E-state index in [2.05, 4.69) is 356 Å². The zero-order chi connectivity index (χ0) is 58.1. The maximum Gasteiger partial charge on any atom is 0.237 e. The van der Waals surface area contributed by atoms with Crippen LogP contribution in [0.1, 0.15) is 0 Å². The van der Waals surface area contributed by atoms with E-state index in [-0.39, 0.29) is 0 Å². The summed E-state index contributed by atoms with van der Waals surface area (Å²) in [5.74, 6) is 1.23. The van der Waals surface area contributed by atoms with Crippen molar-refractivity contribution in [3.05, 3.63) is 328 Å². The second-order valence-corrected chi connectivity index (χ2v) is 22.2. The van der Waals surface area contributed by atoms with E-state index in [1.165, 1.54) is 21.5 Å². The fraction of sp³-hybridized carbons (Fsp3) is 0. The highest BCUT2D eigenvalue weighted by molar-refractivity contribution is 6.13. The number of para-hydroxylation sites is 9. The fourth-order valence-corrected chi connectivity index (χ4v) is 13.3. The number of hydrogen-bond donors (Lipinski definition) is 0. The van der Waals surface area contributed by atoms with Gasteiger partial charge in [0.1, 0.15) is 0 Å². The molecule has 0 aliphatic heterocycles. The molecule has 0 radical (unpaired) electrons. The lowest BCUT2D eigenvalue weighted by atomic mass is 10.1. The molecule has 0 aliphatic carbocycles. The molecule has 0 saturated carbocycles. The minimum atomic E-state index is 0.516. The van der Waals surface area contributed by atoms with Crippen LogP contribution in [0.3, 0.4) is 0 Å². The molecule has 8 nitrogen and oxygen atoms in total. The number of benzene rings is 13. The lowest BCUT2D eigenvalue weighted by Gasteiger charge is -2.30. The van der Waals surface area contributed by atoms with Crippen molar-refractivity contribution in [3.8, 4) is 17.1 Å². The topological polar surface area (TPSA) is 50.3 Å². The van der Waals surface area contributed by atoms with Gasteiger partial charge in [-0.3, -0.25) is 9.80 Å². The zero-order valence-electron chi connectivity index (χ0n) is 47.8. The quantitative estimate of drug-likeness (QED) is 0.122. The van der Waals surface area contributed by atoms with E-state index in [0.29, 0.717) is 11.8 Å². The molecule has 0 aliphatic rings. The molecule has 4 aromatic heterocycles. The molecule has 13 aromatic carbocycles. The van der Waals surface area contributed by atoms with Crippen LogP contribution in [0.5, 0.6) is 0 Å². The summed E-state index contributed by atoms with van der Waals surface area (Å²) in [7, 11) is 0. The third-order valence-electron chi connectivity index (χ3n) is 17.2. The van der Waals surface area contributed by atoms with E-state index in [1.807, 2.05) is 0 Å². The summed E-state index contributed by atoms with van der Waals surface area (Å²) in [5, 5.41) is 7.94. The molecule has 8 heteroatoms. The SMILES string of the molecule is c1ccc(N(c2ccc3nc(N(c4ccccc4)c4ccc5c6ccccc6n(-c6ccccc6)c5c4)nc(N(c4ccccc4)c4ccc5c6ccccc6n(-c6ccccc6)c5c4)c3c2)c2ccc3c4ccccc4n(-c4ccccc4)c3c2)cc1. The van der Waals surface area contributed by atoms with E-state index < -0.39 is 0 Å². The Morgan fingerprint density at radius 1 is 0.205 bits per heavy atom. The van der Waals surface area contributed by atoms with Crippen LogP contribution in [-0.4, -0.2) is 23.7 Å². The molecule has 0 fully saturated rings. The van der Waals surface area contributed by atoms with Crippen molar-refractivity contribution in [2.45, 2.75) is 0 Å². The molecule has 88 heavy (non-hydrogen) atoms. The van der Waals surface area contributed by atoms with Crippen LogP contribution in [0, 0.1) is 0 Å². The van der Waals surface area contributed by atoms with Gasteiger partial charge in [0.2, 0.25) is 5.95 Å². The lowest BCUT2D eigenvalue weighted by molar-refractivity contribution is 1.08. The van der Waals surface area contributed by atoms with Gasteiger partial charge in [0, 0.05) is 88.9 Å². The molecule has 4 heterocycles. The van der Waals surface area contributed by atoms with Crippen LogP contribution < -0.4 is 14.7 Å². The standard InChI is InChI=1S/C80H54N8/c1-7-25-55(26-8-1)83(62-43-47-68-65-37-19-22-40-73(65)86(76(68)52-62)58-31-13-4-14-32-58)61-46-50-72-71(51-61)79(84(56-27-9-2-10-28-56)63-44-48-69-66-38-20-23-41-74(66)87(77(69)53-63)59-33-15-5-16-34-59)82-80(81-72)85(57-29-11-3-12-30-57)64-45-49-70-67-39-21-24-42-75(67)88(78(70)54-64)60-35-17-6-18-36-60/h1-54H. The van der Waals surface area contributed by atoms with Crippen molar-refractivity contribution < 1.29 is 0 Å². The fourth-order valence-electron chi connectivity index (χ4n) is 13.3. The number of aromatic nitrogens is 5. The number of rotatable bonds is 12. The predicted molar refractivity (Wildman–Crippen MR) is 367 cm³/mol. The molecule has 414 valence electrons. The van der Waals surface area contributed by atoms with Crippen molar-refractivity contribution in [1.82, 2.24) is 23.7 Å². The van der Waals surface area contributed by atoms with E-state index in [1.54, 1.807) is 0 Å². The van der Waals surface area contributed by atoms with Gasteiger partial charge in [-0.1, -0.05) is 182 Å². The minimum absolute atomic E-state index is 0.516. The number of hydrogen-bond acceptors (Lipinski definition) is 5. The van der Waals surface area contributed by atoms with Crippen molar-refractivity contribution >= 4 is 128 Å². The van der Waals surface area contributed by atoms with Gasteiger partial charge < -0.3 is 18.6 Å². The van der Waals surface area contributed by atoms with Crippen molar-refractivity contribution in [1.29, 1.82) is 0 Å². The number of nitrogens with zero attached hydrogens (tertiary/aromatic N) is 8. The summed E-state index contributed by atoms with van der Waals surface area (Å²) in [6.07, 6.45) is 0. The van der Waals surface area contributed by atoms with E-state index in [4.69, 9.17) is 9.97 Å². The highest BCUT2D eigenvalue weighted by Gasteiger charge is 2.27. The molecule has 0 bridgehead atoms. The lowest BCUT2D eigenvalue weighted by Crippen LogP contribution is -2.18. The molecule has 0 saturated heterocycles. The smallest absolute Gasteiger partial charge is 0.237 e. The van der Waals surface area contributed by atoms with E-state index in [9.17, 15) is 0 Å². The van der Waals surface area contributed by atoms with Gasteiger partial charge in [-0.15, -0.1) is 0 Å². The Balaban J connectivity index is 0.939. The van der Waals surface area contributed by atoms with Crippen LogP contribution in [-0.2, 0) is 0 Å². The largest absolute Gasteiger partial charge is 0.310 e. The Morgan fingerprint density at radius 2 is 0.511 bits per heavy atom. The second-order valence-electron chi connectivity index (χ2n) is 22.2. The summed E-state index contributed by atoms with van der Waals surface area (Å²) in [4.78, 5) is 18.6. The average Bonchev–Trinajstić information content (AvgIpc) is 1.67. The first kappa shape index (κ1) is 50.5. The van der Waals surface area contributed by atoms with Crippen molar-refractivity contribution in [2.75, 3.05) is 14.7 Å². The maximum absolute atomic E-state index is 5.98. The summed E-state index contributed by atoms with van der Waals surface area (Å²) >= 11 is 0. The summed E-state index contributed by atoms with van der Waals surface area (Å²) in [6.45, 7) is 0. The highest BCUT2D eigenvalue weighted by atomic mass is 15.3. The Hall–Kier alpha value is -12.0. The zero-order valence-corrected chi connectivity index (χ0v) is 47.8. The summed E-state index contributed by atoms with van der Waals surface area (Å²) in [5.41, 5.74) is 17.4. The molecule has 0 N–H and O–H groups in total. The minimum Gasteiger partial charge on any atom is -0.310 e. The summed E-state index contributed by atoms with van der Waals surface area (Å²) < 4.78 is 7.13. The molecular weight excluding hydrogens is 1070 g/mol. The first-order valence-electron chi connectivity index (χ1n) is 29.8. The van der Waals surface area contributed by atoms with Gasteiger partial charge >= 0.3 is 0 Å². The molecule has 17 aromatic rings. The van der Waals surface area contributed by atoms with Crippen LogP contribution in [0.25, 0.3) is 93.4 Å². The van der Waals surface area contributed by atoms with E-state index in [0.717, 1.165) is 112 Å². The third-order valence-corrected chi connectivity index (χ3v) is 17.2. The second kappa shape index (κ2) is 21.0.